The SMILES string of the molecule is COC(=O)C(CCCCNNCCCCC(=O)OC(C)(C)C)NC(=O)OC(C)(C)C. The summed E-state index contributed by atoms with van der Waals surface area (Å²) in [7, 11) is 1.29. The fourth-order valence-electron chi connectivity index (χ4n) is 2.45. The molecule has 1 atom stereocenters. The van der Waals surface area contributed by atoms with Crippen molar-refractivity contribution in [3.8, 4) is 0 Å². The zero-order chi connectivity index (χ0) is 23.2. The van der Waals surface area contributed by atoms with E-state index in [1.807, 2.05) is 20.8 Å². The normalized spacial score (nSPS) is 12.8. The number of amides is 1. The summed E-state index contributed by atoms with van der Waals surface area (Å²) in [6.45, 7) is 12.3. The van der Waals surface area contributed by atoms with Crippen LogP contribution in [-0.2, 0) is 23.8 Å². The number of unbranched alkanes of at least 4 members (excludes halogenated alkanes) is 2. The Labute approximate surface area is 180 Å². The van der Waals surface area contributed by atoms with Gasteiger partial charge in [0.05, 0.1) is 7.11 Å². The highest BCUT2D eigenvalue weighted by Crippen LogP contribution is 2.10. The first-order valence-electron chi connectivity index (χ1n) is 10.6. The molecule has 0 aromatic heterocycles. The number of carbonyl (C=O) groups is 3. The monoisotopic (exact) mass is 431 g/mol. The Kier molecular flexibility index (Phi) is 13.3. The second kappa shape index (κ2) is 14.2. The van der Waals surface area contributed by atoms with Crippen molar-refractivity contribution in [1.29, 1.82) is 0 Å². The molecule has 0 aliphatic carbocycles. The van der Waals surface area contributed by atoms with Crippen LogP contribution in [-0.4, -0.2) is 55.5 Å². The van der Waals surface area contributed by atoms with E-state index in [-0.39, 0.29) is 5.97 Å². The average Bonchev–Trinajstić information content (AvgIpc) is 2.58. The molecule has 0 radical (unpaired) electrons. The molecular weight excluding hydrogens is 390 g/mol. The Hall–Kier alpha value is -1.87. The lowest BCUT2D eigenvalue weighted by atomic mass is 10.1. The van der Waals surface area contributed by atoms with E-state index in [9.17, 15) is 14.4 Å². The highest BCUT2D eigenvalue weighted by atomic mass is 16.6. The smallest absolute Gasteiger partial charge is 0.408 e. The van der Waals surface area contributed by atoms with Crippen molar-refractivity contribution < 1.29 is 28.6 Å². The molecule has 0 aromatic rings. The first-order valence-corrected chi connectivity index (χ1v) is 10.6. The third-order valence-electron chi connectivity index (χ3n) is 3.70. The van der Waals surface area contributed by atoms with Gasteiger partial charge in [0.1, 0.15) is 17.2 Å². The summed E-state index contributed by atoms with van der Waals surface area (Å²) in [5.41, 5.74) is 5.14. The van der Waals surface area contributed by atoms with Gasteiger partial charge in [-0.1, -0.05) is 0 Å². The minimum absolute atomic E-state index is 0.171. The summed E-state index contributed by atoms with van der Waals surface area (Å²) in [5, 5.41) is 2.56. The largest absolute Gasteiger partial charge is 0.467 e. The van der Waals surface area contributed by atoms with Gasteiger partial charge >= 0.3 is 18.0 Å². The number of rotatable bonds is 13. The van der Waals surface area contributed by atoms with Gasteiger partial charge in [0, 0.05) is 19.5 Å². The Morgan fingerprint density at radius 2 is 1.33 bits per heavy atom. The number of methoxy groups -OCH3 is 1. The number of ether oxygens (including phenoxy) is 3. The fourth-order valence-corrected chi connectivity index (χ4v) is 2.45. The van der Waals surface area contributed by atoms with Crippen molar-refractivity contribution >= 4 is 18.0 Å². The molecule has 0 aliphatic rings. The first-order chi connectivity index (χ1) is 13.8. The lowest BCUT2D eigenvalue weighted by Crippen LogP contribution is -2.44. The predicted octanol–water partition coefficient (Wildman–Crippen LogP) is 2.83. The number of esters is 2. The summed E-state index contributed by atoms with van der Waals surface area (Å²) in [6.07, 6.45) is 3.40. The van der Waals surface area contributed by atoms with E-state index >= 15 is 0 Å². The molecule has 0 fully saturated rings. The highest BCUT2D eigenvalue weighted by molar-refractivity contribution is 5.81. The van der Waals surface area contributed by atoms with E-state index in [1.165, 1.54) is 7.11 Å². The van der Waals surface area contributed by atoms with Gasteiger partial charge in [-0.2, -0.15) is 0 Å². The summed E-state index contributed by atoms with van der Waals surface area (Å²) in [6, 6.07) is -0.731. The van der Waals surface area contributed by atoms with Crippen LogP contribution in [0.1, 0.15) is 80.1 Å². The molecular formula is C21H41N3O6. The molecule has 9 nitrogen and oxygen atoms in total. The Balaban J connectivity index is 3.86. The number of carbonyl (C=O) groups excluding carboxylic acids is 3. The summed E-state index contributed by atoms with van der Waals surface area (Å²) in [5.74, 6) is -0.660. The Morgan fingerprint density at radius 3 is 1.83 bits per heavy atom. The van der Waals surface area contributed by atoms with Crippen LogP contribution in [0.15, 0.2) is 0 Å². The lowest BCUT2D eigenvalue weighted by Gasteiger charge is -2.22. The number of hydrogen-bond acceptors (Lipinski definition) is 8. The summed E-state index contributed by atoms with van der Waals surface area (Å²) in [4.78, 5) is 35.3. The van der Waals surface area contributed by atoms with Crippen molar-refractivity contribution in [3.63, 3.8) is 0 Å². The predicted molar refractivity (Wildman–Crippen MR) is 115 cm³/mol. The maximum absolute atomic E-state index is 11.9. The Morgan fingerprint density at radius 1 is 0.800 bits per heavy atom. The minimum atomic E-state index is -0.731. The zero-order valence-corrected chi connectivity index (χ0v) is 19.7. The zero-order valence-electron chi connectivity index (χ0n) is 19.7. The second-order valence-electron chi connectivity index (χ2n) is 9.11. The molecule has 0 heterocycles. The molecule has 1 amide bonds. The van der Waals surface area contributed by atoms with Crippen molar-refractivity contribution in [2.45, 2.75) is 97.3 Å². The van der Waals surface area contributed by atoms with Crippen LogP contribution in [0.25, 0.3) is 0 Å². The van der Waals surface area contributed by atoms with Crippen LogP contribution in [0.3, 0.4) is 0 Å². The number of alkyl carbamates (subject to hydrolysis) is 1. The molecule has 0 spiro atoms. The number of nitrogens with one attached hydrogen (secondary N) is 3. The standard InChI is InChI=1S/C21H41N3O6/c1-20(2,3)29-17(25)13-9-11-15-23-22-14-10-8-12-16(18(26)28-7)24-19(27)30-21(4,5)6/h16,22-23H,8-15H2,1-7H3,(H,24,27). The van der Waals surface area contributed by atoms with E-state index < -0.39 is 29.3 Å². The van der Waals surface area contributed by atoms with Crippen molar-refractivity contribution in [1.82, 2.24) is 16.2 Å². The maximum atomic E-state index is 11.9. The quantitative estimate of drug-likeness (QED) is 0.176. The topological polar surface area (TPSA) is 115 Å². The van der Waals surface area contributed by atoms with Crippen molar-refractivity contribution in [2.24, 2.45) is 0 Å². The first kappa shape index (κ1) is 28.1. The van der Waals surface area contributed by atoms with Crippen molar-refractivity contribution in [3.05, 3.63) is 0 Å². The average molecular weight is 432 g/mol. The molecule has 3 N–H and O–H groups in total. The van der Waals surface area contributed by atoms with Gasteiger partial charge in [0.25, 0.3) is 0 Å². The van der Waals surface area contributed by atoms with Gasteiger partial charge in [0.15, 0.2) is 0 Å². The summed E-state index contributed by atoms with van der Waals surface area (Å²) >= 11 is 0. The molecule has 0 saturated carbocycles. The minimum Gasteiger partial charge on any atom is -0.467 e. The van der Waals surface area contributed by atoms with Crippen molar-refractivity contribution in [2.75, 3.05) is 20.2 Å². The molecule has 0 rings (SSSR count). The second-order valence-corrected chi connectivity index (χ2v) is 9.11. The third-order valence-corrected chi connectivity index (χ3v) is 3.70. The van der Waals surface area contributed by atoms with E-state index in [0.29, 0.717) is 19.4 Å². The third kappa shape index (κ3) is 17.0. The van der Waals surface area contributed by atoms with E-state index in [1.54, 1.807) is 20.8 Å². The van der Waals surface area contributed by atoms with Gasteiger partial charge in [-0.05, 0) is 73.6 Å². The van der Waals surface area contributed by atoms with Crippen LogP contribution in [0.4, 0.5) is 4.79 Å². The van der Waals surface area contributed by atoms with Crippen LogP contribution in [0.2, 0.25) is 0 Å². The van der Waals surface area contributed by atoms with Gasteiger partial charge in [-0.25, -0.2) is 9.59 Å². The molecule has 1 unspecified atom stereocenters. The lowest BCUT2D eigenvalue weighted by molar-refractivity contribution is -0.155. The molecule has 0 aromatic carbocycles. The fraction of sp³-hybridized carbons (Fsp3) is 0.857. The number of hydrogen-bond donors (Lipinski definition) is 3. The molecule has 0 saturated heterocycles. The van der Waals surface area contributed by atoms with Crippen LogP contribution in [0.5, 0.6) is 0 Å². The van der Waals surface area contributed by atoms with Gasteiger partial charge < -0.3 is 19.5 Å². The van der Waals surface area contributed by atoms with Gasteiger partial charge in [-0.3, -0.25) is 15.6 Å². The highest BCUT2D eigenvalue weighted by Gasteiger charge is 2.24. The van der Waals surface area contributed by atoms with E-state index in [0.717, 1.165) is 32.2 Å². The molecule has 9 heteroatoms. The molecule has 0 bridgehead atoms. The van der Waals surface area contributed by atoms with E-state index in [4.69, 9.17) is 14.2 Å². The van der Waals surface area contributed by atoms with Gasteiger partial charge in [-0.15, -0.1) is 0 Å². The maximum Gasteiger partial charge on any atom is 0.408 e. The molecule has 176 valence electrons. The van der Waals surface area contributed by atoms with Crippen LogP contribution < -0.4 is 16.2 Å². The van der Waals surface area contributed by atoms with Gasteiger partial charge in [0.2, 0.25) is 0 Å². The Bertz CT molecular complexity index is 526. The molecule has 30 heavy (non-hydrogen) atoms. The van der Waals surface area contributed by atoms with Crippen LogP contribution in [0, 0.1) is 0 Å². The van der Waals surface area contributed by atoms with E-state index in [2.05, 4.69) is 16.2 Å². The molecule has 0 aliphatic heterocycles. The van der Waals surface area contributed by atoms with Crippen LogP contribution >= 0.6 is 0 Å². The number of hydrazine groups is 1. The summed E-state index contributed by atoms with van der Waals surface area (Å²) < 4.78 is 15.2.